The van der Waals surface area contributed by atoms with Crippen molar-refractivity contribution in [2.45, 2.75) is 4.90 Å². The number of rotatable bonds is 3. The minimum atomic E-state index is -0.154. The maximum absolute atomic E-state index is 11.8. The van der Waals surface area contributed by atoms with Gasteiger partial charge < -0.3 is 4.90 Å². The highest BCUT2D eigenvalue weighted by molar-refractivity contribution is 7.98. The minimum Gasteiger partial charge on any atom is -0.311 e. The van der Waals surface area contributed by atoms with Crippen LogP contribution >= 0.6 is 11.8 Å². The SMILES string of the molecule is C=CC(=O)N(C)c1ccccc1C#Cc1ccc(SC)cc1. The molecule has 2 aromatic carbocycles. The van der Waals surface area contributed by atoms with E-state index in [0.29, 0.717) is 0 Å². The Morgan fingerprint density at radius 1 is 1.14 bits per heavy atom. The third-order valence-corrected chi connectivity index (χ3v) is 3.95. The predicted octanol–water partition coefficient (Wildman–Crippen LogP) is 3.96. The number of para-hydroxylation sites is 1. The van der Waals surface area contributed by atoms with E-state index in [1.54, 1.807) is 23.7 Å². The third-order valence-electron chi connectivity index (χ3n) is 3.20. The van der Waals surface area contributed by atoms with Crippen molar-refractivity contribution in [2.75, 3.05) is 18.2 Å². The molecule has 0 atom stereocenters. The standard InChI is InChI=1S/C19H17NOS/c1-4-19(21)20(2)18-8-6-5-7-16(18)12-9-15-10-13-17(22-3)14-11-15/h4-8,10-11,13-14H,1H2,2-3H3. The topological polar surface area (TPSA) is 20.3 Å². The van der Waals surface area contributed by atoms with Gasteiger partial charge in [-0.1, -0.05) is 30.6 Å². The van der Waals surface area contributed by atoms with E-state index in [4.69, 9.17) is 0 Å². The van der Waals surface area contributed by atoms with Crippen molar-refractivity contribution in [1.82, 2.24) is 0 Å². The van der Waals surface area contributed by atoms with Crippen LogP contribution in [-0.4, -0.2) is 19.2 Å². The fourth-order valence-electron chi connectivity index (χ4n) is 1.94. The Bertz CT molecular complexity index is 738. The van der Waals surface area contributed by atoms with Crippen LogP contribution in [0.2, 0.25) is 0 Å². The summed E-state index contributed by atoms with van der Waals surface area (Å²) in [6, 6.07) is 15.7. The van der Waals surface area contributed by atoms with Crippen molar-refractivity contribution in [3.63, 3.8) is 0 Å². The summed E-state index contributed by atoms with van der Waals surface area (Å²) in [7, 11) is 1.72. The normalized spacial score (nSPS) is 9.55. The molecule has 0 spiro atoms. The van der Waals surface area contributed by atoms with Gasteiger partial charge in [0.25, 0.3) is 0 Å². The number of benzene rings is 2. The number of likely N-dealkylation sites (N-methyl/N-ethyl adjacent to an activating group) is 1. The van der Waals surface area contributed by atoms with Crippen molar-refractivity contribution in [2.24, 2.45) is 0 Å². The van der Waals surface area contributed by atoms with Crippen LogP contribution in [-0.2, 0) is 4.79 Å². The average Bonchev–Trinajstić information content (AvgIpc) is 2.59. The monoisotopic (exact) mass is 307 g/mol. The molecule has 0 fully saturated rings. The van der Waals surface area contributed by atoms with Gasteiger partial charge in [0.1, 0.15) is 0 Å². The zero-order valence-corrected chi connectivity index (χ0v) is 13.5. The van der Waals surface area contributed by atoms with Gasteiger partial charge in [-0.05, 0) is 48.7 Å². The van der Waals surface area contributed by atoms with Crippen molar-refractivity contribution < 1.29 is 4.79 Å². The summed E-state index contributed by atoms with van der Waals surface area (Å²) >= 11 is 1.70. The highest BCUT2D eigenvalue weighted by atomic mass is 32.2. The van der Waals surface area contributed by atoms with Gasteiger partial charge >= 0.3 is 0 Å². The first kappa shape index (κ1) is 15.9. The fraction of sp³-hybridized carbons (Fsp3) is 0.105. The summed E-state index contributed by atoms with van der Waals surface area (Å²) < 4.78 is 0. The number of hydrogen-bond acceptors (Lipinski definition) is 2. The second-order valence-corrected chi connectivity index (χ2v) is 5.48. The minimum absolute atomic E-state index is 0.154. The molecule has 3 heteroatoms. The average molecular weight is 307 g/mol. The van der Waals surface area contributed by atoms with Gasteiger partial charge in [-0.25, -0.2) is 0 Å². The molecule has 22 heavy (non-hydrogen) atoms. The Morgan fingerprint density at radius 3 is 2.45 bits per heavy atom. The quantitative estimate of drug-likeness (QED) is 0.486. The lowest BCUT2D eigenvalue weighted by atomic mass is 10.1. The number of carbonyl (C=O) groups excluding carboxylic acids is 1. The lowest BCUT2D eigenvalue weighted by Crippen LogP contribution is -2.24. The molecule has 0 saturated heterocycles. The molecule has 0 aromatic heterocycles. The Hall–Kier alpha value is -2.44. The molecule has 0 aliphatic rings. The van der Waals surface area contributed by atoms with Crippen molar-refractivity contribution in [1.29, 1.82) is 0 Å². The summed E-state index contributed by atoms with van der Waals surface area (Å²) in [5.41, 5.74) is 2.54. The third kappa shape index (κ3) is 3.81. The molecule has 0 unspecified atom stereocenters. The summed E-state index contributed by atoms with van der Waals surface area (Å²) in [6.07, 6.45) is 3.34. The number of nitrogens with zero attached hydrogens (tertiary/aromatic N) is 1. The van der Waals surface area contributed by atoms with Gasteiger partial charge in [-0.2, -0.15) is 0 Å². The molecule has 2 aromatic rings. The summed E-state index contributed by atoms with van der Waals surface area (Å²) in [6.45, 7) is 3.52. The molecule has 2 rings (SSSR count). The molecular weight excluding hydrogens is 290 g/mol. The molecule has 0 radical (unpaired) electrons. The van der Waals surface area contributed by atoms with E-state index in [2.05, 4.69) is 18.4 Å². The molecule has 1 amide bonds. The molecule has 0 saturated carbocycles. The zero-order valence-electron chi connectivity index (χ0n) is 12.7. The van der Waals surface area contributed by atoms with E-state index < -0.39 is 0 Å². The van der Waals surface area contributed by atoms with E-state index in [-0.39, 0.29) is 5.91 Å². The van der Waals surface area contributed by atoms with E-state index >= 15 is 0 Å². The molecule has 0 N–H and O–H groups in total. The van der Waals surface area contributed by atoms with Crippen molar-refractivity contribution >= 4 is 23.4 Å². The number of hydrogen-bond donors (Lipinski definition) is 0. The molecule has 0 bridgehead atoms. The molecule has 110 valence electrons. The van der Waals surface area contributed by atoms with Crippen LogP contribution in [0.3, 0.4) is 0 Å². The molecule has 2 nitrogen and oxygen atoms in total. The van der Waals surface area contributed by atoms with Crippen molar-refractivity contribution in [3.8, 4) is 11.8 Å². The Kier molecular flexibility index (Phi) is 5.46. The fourth-order valence-corrected chi connectivity index (χ4v) is 2.35. The highest BCUT2D eigenvalue weighted by Crippen LogP contribution is 2.19. The van der Waals surface area contributed by atoms with Crippen LogP contribution in [0.5, 0.6) is 0 Å². The molecule has 0 heterocycles. The Labute approximate surface area is 135 Å². The van der Waals surface area contributed by atoms with Crippen LogP contribution in [0.25, 0.3) is 0 Å². The van der Waals surface area contributed by atoms with E-state index in [0.717, 1.165) is 16.8 Å². The first-order chi connectivity index (χ1) is 10.7. The zero-order chi connectivity index (χ0) is 15.9. The predicted molar refractivity (Wildman–Crippen MR) is 94.3 cm³/mol. The van der Waals surface area contributed by atoms with Gasteiger partial charge in [0, 0.05) is 23.1 Å². The van der Waals surface area contributed by atoms with Crippen LogP contribution in [0.15, 0.2) is 66.1 Å². The van der Waals surface area contributed by atoms with Gasteiger partial charge in [0.15, 0.2) is 0 Å². The molecule has 0 aliphatic heterocycles. The second-order valence-electron chi connectivity index (χ2n) is 4.60. The Balaban J connectivity index is 2.32. The lowest BCUT2D eigenvalue weighted by Gasteiger charge is -2.16. The van der Waals surface area contributed by atoms with Crippen LogP contribution in [0.1, 0.15) is 11.1 Å². The van der Waals surface area contributed by atoms with E-state index in [1.165, 1.54) is 11.0 Å². The number of carbonyl (C=O) groups is 1. The lowest BCUT2D eigenvalue weighted by molar-refractivity contribution is -0.113. The van der Waals surface area contributed by atoms with E-state index in [9.17, 15) is 4.79 Å². The summed E-state index contributed by atoms with van der Waals surface area (Å²) in [5, 5.41) is 0. The summed E-state index contributed by atoms with van der Waals surface area (Å²) in [4.78, 5) is 14.5. The van der Waals surface area contributed by atoms with Gasteiger partial charge in [0.05, 0.1) is 5.69 Å². The van der Waals surface area contributed by atoms with Crippen LogP contribution in [0.4, 0.5) is 5.69 Å². The smallest absolute Gasteiger partial charge is 0.250 e. The van der Waals surface area contributed by atoms with Gasteiger partial charge in [-0.15, -0.1) is 11.8 Å². The number of anilines is 1. The molecule has 0 aliphatic carbocycles. The van der Waals surface area contributed by atoms with Crippen LogP contribution < -0.4 is 4.90 Å². The van der Waals surface area contributed by atoms with Gasteiger partial charge in [-0.3, -0.25) is 4.79 Å². The largest absolute Gasteiger partial charge is 0.311 e. The number of thioether (sulfide) groups is 1. The summed E-state index contributed by atoms with van der Waals surface area (Å²) in [5.74, 6) is 6.13. The Morgan fingerprint density at radius 2 is 1.82 bits per heavy atom. The first-order valence-corrected chi connectivity index (χ1v) is 8.03. The second kappa shape index (κ2) is 7.53. The maximum atomic E-state index is 11.8. The van der Waals surface area contributed by atoms with Crippen molar-refractivity contribution in [3.05, 3.63) is 72.3 Å². The highest BCUT2D eigenvalue weighted by Gasteiger charge is 2.09. The van der Waals surface area contributed by atoms with Crippen LogP contribution in [0, 0.1) is 11.8 Å². The van der Waals surface area contributed by atoms with Gasteiger partial charge in [0.2, 0.25) is 5.91 Å². The maximum Gasteiger partial charge on any atom is 0.250 e. The van der Waals surface area contributed by atoms with E-state index in [1.807, 2.05) is 54.8 Å². The first-order valence-electron chi connectivity index (χ1n) is 6.81. The number of amides is 1. The molecular formula is C19H17NOS.